The Balaban J connectivity index is 3.59. The van der Waals surface area contributed by atoms with Gasteiger partial charge < -0.3 is 15.9 Å². The minimum absolute atomic E-state index is 0.0116. The van der Waals surface area contributed by atoms with Crippen molar-refractivity contribution in [3.05, 3.63) is 0 Å². The van der Waals surface area contributed by atoms with Gasteiger partial charge in [-0.1, -0.05) is 12.8 Å². The highest BCUT2D eigenvalue weighted by atomic mass is 16.4. The highest BCUT2D eigenvalue weighted by molar-refractivity contribution is 5.72. The van der Waals surface area contributed by atoms with E-state index in [0.717, 1.165) is 0 Å². The maximum atomic E-state index is 10.3. The lowest BCUT2D eigenvalue weighted by Gasteiger charge is -2.04. The molecule has 0 aliphatic carbocycles. The second-order valence-corrected chi connectivity index (χ2v) is 2.76. The van der Waals surface area contributed by atoms with E-state index in [2.05, 4.69) is 0 Å². The quantitative estimate of drug-likeness (QED) is 0.541. The Morgan fingerprint density at radius 3 is 2.46 bits per heavy atom. The first-order chi connectivity index (χ1) is 6.43. The molecule has 0 rings (SSSR count). The van der Waals surface area contributed by atoms with Crippen LogP contribution >= 0.6 is 0 Å². The van der Waals surface area contributed by atoms with Crippen LogP contribution in [0, 0.1) is 0 Å². The van der Waals surface area contributed by atoms with Crippen LogP contribution in [0.2, 0.25) is 0 Å². The molecule has 0 aromatic heterocycles. The minimum Gasteiger partial charge on any atom is -0.481 e. The van der Waals surface area contributed by atoms with Gasteiger partial charge in [-0.2, -0.15) is 0 Å². The molecule has 0 saturated heterocycles. The highest BCUT2D eigenvalue weighted by Gasteiger charge is 2.09. The molecule has 0 fully saturated rings. The summed E-state index contributed by atoms with van der Waals surface area (Å²) in [5, 5.41) is 16.8. The average Bonchev–Trinajstić information content (AvgIpc) is 2.02. The molecule has 0 bridgehead atoms. The van der Waals surface area contributed by atoms with Crippen molar-refractivity contribution in [3.8, 4) is 0 Å². The summed E-state index contributed by atoms with van der Waals surface area (Å²) in [7, 11) is 0. The van der Waals surface area contributed by atoms with Gasteiger partial charge in [0.1, 0.15) is 6.04 Å². The summed E-state index contributed by atoms with van der Waals surface area (Å²) in [6, 6.07) is -1.03. The van der Waals surface area contributed by atoms with E-state index in [-0.39, 0.29) is 12.8 Å². The first kappa shape index (κ1) is 9.98. The number of carboxylic acid groups (broad SMARTS) is 2. The molecule has 2 atom stereocenters. The van der Waals surface area contributed by atoms with Gasteiger partial charge in [-0.15, -0.1) is 0 Å². The van der Waals surface area contributed by atoms with Crippen LogP contribution in [0.25, 0.3) is 0 Å². The smallest absolute Gasteiger partial charge is 0.320 e. The first-order valence-electron chi connectivity index (χ1n) is 4.63. The normalized spacial score (nSPS) is 15.9. The molecule has 0 radical (unpaired) electrons. The SMILES string of the molecule is [3H]C(CCCC(=O)O)CC(N)C(=O)O. The summed E-state index contributed by atoms with van der Waals surface area (Å²) in [5.41, 5.74) is 5.21. The van der Waals surface area contributed by atoms with Gasteiger partial charge in [-0.25, -0.2) is 0 Å². The molecule has 0 saturated carbocycles. The van der Waals surface area contributed by atoms with Gasteiger partial charge in [-0.3, -0.25) is 9.59 Å². The second-order valence-electron chi connectivity index (χ2n) is 2.76. The van der Waals surface area contributed by atoms with Crippen molar-refractivity contribution in [2.45, 2.75) is 38.1 Å². The largest absolute Gasteiger partial charge is 0.481 e. The molecule has 0 spiro atoms. The van der Waals surface area contributed by atoms with Gasteiger partial charge in [-0.05, 0) is 12.8 Å². The van der Waals surface area contributed by atoms with Gasteiger partial charge in [0.25, 0.3) is 0 Å². The molecule has 0 aromatic carbocycles. The van der Waals surface area contributed by atoms with E-state index < -0.39 is 24.4 Å². The number of rotatable bonds is 7. The molecule has 0 aliphatic heterocycles. The summed E-state index contributed by atoms with van der Waals surface area (Å²) in [4.78, 5) is 20.4. The van der Waals surface area contributed by atoms with E-state index in [0.29, 0.717) is 12.8 Å². The van der Waals surface area contributed by atoms with Crippen molar-refractivity contribution in [3.63, 3.8) is 0 Å². The van der Waals surface area contributed by atoms with Crippen LogP contribution in [-0.4, -0.2) is 28.2 Å². The number of carbonyl (C=O) groups is 2. The zero-order chi connectivity index (χ0) is 11.1. The zero-order valence-corrected chi connectivity index (χ0v) is 7.27. The summed E-state index contributed by atoms with van der Waals surface area (Å²) in [6.45, 7) is 0. The molecule has 5 heteroatoms. The van der Waals surface area contributed by atoms with Crippen molar-refractivity contribution in [1.82, 2.24) is 0 Å². The van der Waals surface area contributed by atoms with Crippen LogP contribution < -0.4 is 5.73 Å². The first-order valence-corrected chi connectivity index (χ1v) is 4.06. The molecule has 0 amide bonds. The summed E-state index contributed by atoms with van der Waals surface area (Å²) in [6.07, 6.45) is 0.232. The number of aliphatic carboxylic acids is 2. The minimum atomic E-state index is -1.12. The average molecular weight is 191 g/mol. The molecule has 76 valence electrons. The number of hydrogen-bond acceptors (Lipinski definition) is 3. The third kappa shape index (κ3) is 7.27. The van der Waals surface area contributed by atoms with Crippen molar-refractivity contribution in [2.24, 2.45) is 5.73 Å². The standard InChI is InChI=1S/C8H15NO4/c9-6(8(12)13)4-2-1-3-5-7(10)11/h6H,1-5,9H2,(H,10,11)(H,12,13)/i2T. The predicted octanol–water partition coefficient (Wildman–Crippen LogP) is 0.433. The molecule has 13 heavy (non-hydrogen) atoms. The lowest BCUT2D eigenvalue weighted by atomic mass is 10.1. The van der Waals surface area contributed by atoms with Crippen LogP contribution in [0.1, 0.15) is 33.5 Å². The number of carboxylic acids is 2. The van der Waals surface area contributed by atoms with Crippen molar-refractivity contribution in [2.75, 3.05) is 0 Å². The Kier molecular flexibility index (Phi) is 4.93. The highest BCUT2D eigenvalue weighted by Crippen LogP contribution is 2.04. The zero-order valence-electron chi connectivity index (χ0n) is 8.27. The lowest BCUT2D eigenvalue weighted by Crippen LogP contribution is -2.29. The molecule has 0 aliphatic rings. The van der Waals surface area contributed by atoms with Crippen LogP contribution in [0.15, 0.2) is 0 Å². The summed E-state index contributed by atoms with van der Waals surface area (Å²) >= 11 is 0. The monoisotopic (exact) mass is 191 g/mol. The van der Waals surface area contributed by atoms with Crippen LogP contribution in [-0.2, 0) is 9.59 Å². The van der Waals surface area contributed by atoms with Crippen LogP contribution in [0.3, 0.4) is 0 Å². The molecular weight excluding hydrogens is 174 g/mol. The fraction of sp³-hybridized carbons (Fsp3) is 0.750. The van der Waals surface area contributed by atoms with E-state index in [1.165, 1.54) is 0 Å². The fourth-order valence-electron chi connectivity index (χ4n) is 0.796. The Labute approximate surface area is 78.0 Å². The van der Waals surface area contributed by atoms with Crippen molar-refractivity contribution < 1.29 is 21.2 Å². The van der Waals surface area contributed by atoms with Gasteiger partial charge in [0, 0.05) is 7.79 Å². The third-order valence-electron chi connectivity index (χ3n) is 1.54. The summed E-state index contributed by atoms with van der Waals surface area (Å²) in [5.74, 6) is -2.03. The second kappa shape index (κ2) is 6.42. The fourth-order valence-corrected chi connectivity index (χ4v) is 0.796. The molecule has 5 nitrogen and oxygen atoms in total. The van der Waals surface area contributed by atoms with Gasteiger partial charge >= 0.3 is 11.9 Å². The van der Waals surface area contributed by atoms with Gasteiger partial charge in [0.2, 0.25) is 0 Å². The van der Waals surface area contributed by atoms with Crippen LogP contribution in [0.4, 0.5) is 0 Å². The maximum Gasteiger partial charge on any atom is 0.320 e. The van der Waals surface area contributed by atoms with Crippen molar-refractivity contribution >= 4 is 11.9 Å². The number of nitrogens with two attached hydrogens (primary N) is 1. The Morgan fingerprint density at radius 1 is 1.38 bits per heavy atom. The third-order valence-corrected chi connectivity index (χ3v) is 1.54. The van der Waals surface area contributed by atoms with Gasteiger partial charge in [0.15, 0.2) is 0 Å². The topological polar surface area (TPSA) is 101 Å². The van der Waals surface area contributed by atoms with E-state index in [4.69, 9.17) is 17.3 Å². The Hall–Kier alpha value is -1.10. The van der Waals surface area contributed by atoms with Crippen molar-refractivity contribution in [1.29, 1.82) is 0 Å². The molecular formula is C8H15NO4. The van der Waals surface area contributed by atoms with E-state index in [1.54, 1.807) is 0 Å². The predicted molar refractivity (Wildman–Crippen MR) is 46.3 cm³/mol. The molecule has 0 heterocycles. The number of hydrogen-bond donors (Lipinski definition) is 3. The maximum absolute atomic E-state index is 10.3. The van der Waals surface area contributed by atoms with Gasteiger partial charge in [0.05, 0.1) is 0 Å². The molecule has 2 unspecified atom stereocenters. The Morgan fingerprint density at radius 2 is 2.00 bits per heavy atom. The Bertz CT molecular complexity index is 210. The van der Waals surface area contributed by atoms with E-state index >= 15 is 0 Å². The van der Waals surface area contributed by atoms with E-state index in [9.17, 15) is 9.59 Å². The lowest BCUT2D eigenvalue weighted by molar-refractivity contribution is -0.139. The van der Waals surface area contributed by atoms with E-state index in [1.807, 2.05) is 0 Å². The van der Waals surface area contributed by atoms with Crippen LogP contribution in [0.5, 0.6) is 0 Å². The molecule has 4 N–H and O–H groups in total. The molecule has 0 aromatic rings. The summed E-state index contributed by atoms with van der Waals surface area (Å²) < 4.78 is 7.40.